The average molecular weight is 218 g/mol. The summed E-state index contributed by atoms with van der Waals surface area (Å²) in [5.41, 5.74) is 0.956. The van der Waals surface area contributed by atoms with Gasteiger partial charge in [-0.2, -0.15) is 5.26 Å². The third kappa shape index (κ3) is 3.82. The number of nitriles is 1. The van der Waals surface area contributed by atoms with E-state index in [0.717, 1.165) is 30.9 Å². The fourth-order valence-corrected chi connectivity index (χ4v) is 1.29. The summed E-state index contributed by atoms with van der Waals surface area (Å²) in [6.07, 6.45) is 1.80. The SMILES string of the molecule is CCCOc1ccc(NC(C#N)CC)cc1. The van der Waals surface area contributed by atoms with Gasteiger partial charge in [-0.25, -0.2) is 0 Å². The van der Waals surface area contributed by atoms with Crippen LogP contribution < -0.4 is 10.1 Å². The first-order valence-corrected chi connectivity index (χ1v) is 5.69. The van der Waals surface area contributed by atoms with E-state index in [1.165, 1.54) is 0 Å². The van der Waals surface area contributed by atoms with Crippen molar-refractivity contribution in [3.8, 4) is 11.8 Å². The van der Waals surface area contributed by atoms with E-state index in [-0.39, 0.29) is 6.04 Å². The maximum absolute atomic E-state index is 8.82. The molecule has 0 aliphatic heterocycles. The van der Waals surface area contributed by atoms with Gasteiger partial charge in [0.25, 0.3) is 0 Å². The lowest BCUT2D eigenvalue weighted by Gasteiger charge is -2.11. The zero-order chi connectivity index (χ0) is 11.8. The van der Waals surface area contributed by atoms with Gasteiger partial charge in [0.2, 0.25) is 0 Å². The van der Waals surface area contributed by atoms with Crippen molar-refractivity contribution in [3.05, 3.63) is 24.3 Å². The topological polar surface area (TPSA) is 45.0 Å². The van der Waals surface area contributed by atoms with Crippen LogP contribution in [0.2, 0.25) is 0 Å². The summed E-state index contributed by atoms with van der Waals surface area (Å²) in [4.78, 5) is 0. The number of nitrogens with zero attached hydrogens (tertiary/aromatic N) is 1. The summed E-state index contributed by atoms with van der Waals surface area (Å²) in [5.74, 6) is 0.873. The van der Waals surface area contributed by atoms with E-state index in [4.69, 9.17) is 10.00 Å². The van der Waals surface area contributed by atoms with Crippen LogP contribution in [0.3, 0.4) is 0 Å². The van der Waals surface area contributed by atoms with E-state index in [9.17, 15) is 0 Å². The predicted octanol–water partition coefficient (Wildman–Crippen LogP) is 3.19. The number of rotatable bonds is 6. The molecule has 1 N–H and O–H groups in total. The van der Waals surface area contributed by atoms with Crippen molar-refractivity contribution in [2.45, 2.75) is 32.7 Å². The molecule has 0 spiro atoms. The molecule has 1 unspecified atom stereocenters. The van der Waals surface area contributed by atoms with Crippen molar-refractivity contribution in [2.75, 3.05) is 11.9 Å². The molecule has 0 radical (unpaired) electrons. The summed E-state index contributed by atoms with van der Waals surface area (Å²) < 4.78 is 5.47. The Labute approximate surface area is 97.0 Å². The highest BCUT2D eigenvalue weighted by atomic mass is 16.5. The van der Waals surface area contributed by atoms with E-state index in [2.05, 4.69) is 18.3 Å². The van der Waals surface area contributed by atoms with E-state index >= 15 is 0 Å². The third-order valence-corrected chi connectivity index (χ3v) is 2.23. The highest BCUT2D eigenvalue weighted by Gasteiger charge is 2.03. The van der Waals surface area contributed by atoms with Crippen LogP contribution in [0, 0.1) is 11.3 Å². The highest BCUT2D eigenvalue weighted by Crippen LogP contribution is 2.16. The molecule has 0 aliphatic rings. The molecular weight excluding hydrogens is 200 g/mol. The first-order chi connectivity index (χ1) is 7.80. The lowest BCUT2D eigenvalue weighted by atomic mass is 10.2. The molecule has 1 aromatic carbocycles. The number of nitrogens with one attached hydrogen (secondary N) is 1. The third-order valence-electron chi connectivity index (χ3n) is 2.23. The molecule has 16 heavy (non-hydrogen) atoms. The van der Waals surface area contributed by atoms with Crippen LogP contribution in [0.5, 0.6) is 5.75 Å². The Morgan fingerprint density at radius 3 is 2.50 bits per heavy atom. The van der Waals surface area contributed by atoms with Gasteiger partial charge in [0, 0.05) is 5.69 Å². The second-order valence-electron chi connectivity index (χ2n) is 3.61. The van der Waals surface area contributed by atoms with Crippen molar-refractivity contribution in [3.63, 3.8) is 0 Å². The van der Waals surface area contributed by atoms with Gasteiger partial charge in [0.05, 0.1) is 12.7 Å². The van der Waals surface area contributed by atoms with E-state index < -0.39 is 0 Å². The van der Waals surface area contributed by atoms with Crippen LogP contribution >= 0.6 is 0 Å². The molecular formula is C13H18N2O. The number of anilines is 1. The first-order valence-electron chi connectivity index (χ1n) is 5.69. The summed E-state index contributed by atoms with van der Waals surface area (Å²) >= 11 is 0. The van der Waals surface area contributed by atoms with Gasteiger partial charge in [-0.05, 0) is 37.1 Å². The Balaban J connectivity index is 2.54. The van der Waals surface area contributed by atoms with Crippen molar-refractivity contribution in [1.29, 1.82) is 5.26 Å². The lowest BCUT2D eigenvalue weighted by molar-refractivity contribution is 0.317. The first kappa shape index (κ1) is 12.4. The Kier molecular flexibility index (Phi) is 5.21. The highest BCUT2D eigenvalue weighted by molar-refractivity contribution is 5.48. The van der Waals surface area contributed by atoms with E-state index in [1.54, 1.807) is 0 Å². The summed E-state index contributed by atoms with van der Waals surface area (Å²) in [6.45, 7) is 4.80. The normalized spacial score (nSPS) is 11.6. The number of benzene rings is 1. The molecule has 1 aromatic rings. The summed E-state index contributed by atoms with van der Waals surface area (Å²) in [7, 11) is 0. The van der Waals surface area contributed by atoms with Crippen molar-refractivity contribution in [1.82, 2.24) is 0 Å². The van der Waals surface area contributed by atoms with Gasteiger partial charge in [-0.15, -0.1) is 0 Å². The molecule has 0 bridgehead atoms. The van der Waals surface area contributed by atoms with Gasteiger partial charge < -0.3 is 10.1 Å². The molecule has 86 valence electrons. The molecule has 1 atom stereocenters. The quantitative estimate of drug-likeness (QED) is 0.797. The molecule has 0 aliphatic carbocycles. The van der Waals surface area contributed by atoms with Gasteiger partial charge in [0.15, 0.2) is 0 Å². The average Bonchev–Trinajstić information content (AvgIpc) is 2.35. The van der Waals surface area contributed by atoms with Gasteiger partial charge in [0.1, 0.15) is 11.8 Å². The van der Waals surface area contributed by atoms with Crippen LogP contribution in [0.15, 0.2) is 24.3 Å². The predicted molar refractivity (Wildman–Crippen MR) is 65.5 cm³/mol. The Morgan fingerprint density at radius 2 is 2.00 bits per heavy atom. The van der Waals surface area contributed by atoms with E-state index in [0.29, 0.717) is 0 Å². The second-order valence-corrected chi connectivity index (χ2v) is 3.61. The monoisotopic (exact) mass is 218 g/mol. The fraction of sp³-hybridized carbons (Fsp3) is 0.462. The molecule has 0 amide bonds. The lowest BCUT2D eigenvalue weighted by Crippen LogP contribution is -2.15. The molecule has 0 saturated carbocycles. The van der Waals surface area contributed by atoms with Crippen LogP contribution in [-0.2, 0) is 0 Å². The fourth-order valence-electron chi connectivity index (χ4n) is 1.29. The van der Waals surface area contributed by atoms with Crippen LogP contribution in [0.1, 0.15) is 26.7 Å². The Bertz CT molecular complexity index is 340. The van der Waals surface area contributed by atoms with Gasteiger partial charge >= 0.3 is 0 Å². The molecule has 0 fully saturated rings. The zero-order valence-corrected chi connectivity index (χ0v) is 9.86. The van der Waals surface area contributed by atoms with E-state index in [1.807, 2.05) is 31.2 Å². The molecule has 3 nitrogen and oxygen atoms in total. The molecule has 1 rings (SSSR count). The molecule has 0 aromatic heterocycles. The Hall–Kier alpha value is -1.69. The molecule has 0 heterocycles. The van der Waals surface area contributed by atoms with Gasteiger partial charge in [-0.1, -0.05) is 13.8 Å². The van der Waals surface area contributed by atoms with Gasteiger partial charge in [-0.3, -0.25) is 0 Å². The van der Waals surface area contributed by atoms with Crippen LogP contribution in [-0.4, -0.2) is 12.6 Å². The van der Waals surface area contributed by atoms with Crippen molar-refractivity contribution < 1.29 is 4.74 Å². The minimum Gasteiger partial charge on any atom is -0.494 e. The zero-order valence-electron chi connectivity index (χ0n) is 9.86. The van der Waals surface area contributed by atoms with Crippen molar-refractivity contribution in [2.24, 2.45) is 0 Å². The maximum Gasteiger partial charge on any atom is 0.119 e. The minimum atomic E-state index is -0.123. The smallest absolute Gasteiger partial charge is 0.119 e. The number of ether oxygens (including phenoxy) is 1. The number of hydrogen-bond acceptors (Lipinski definition) is 3. The largest absolute Gasteiger partial charge is 0.494 e. The Morgan fingerprint density at radius 1 is 1.31 bits per heavy atom. The summed E-state index contributed by atoms with van der Waals surface area (Å²) in [5, 5.41) is 12.0. The summed E-state index contributed by atoms with van der Waals surface area (Å²) in [6, 6.07) is 9.79. The maximum atomic E-state index is 8.82. The van der Waals surface area contributed by atoms with Crippen molar-refractivity contribution >= 4 is 5.69 Å². The standard InChI is InChI=1S/C13H18N2O/c1-3-9-16-13-7-5-12(6-8-13)15-11(4-2)10-14/h5-8,11,15H,3-4,9H2,1-2H3. The molecule has 0 saturated heterocycles. The minimum absolute atomic E-state index is 0.123. The van der Waals surface area contributed by atoms with Crippen LogP contribution in [0.25, 0.3) is 0 Å². The molecule has 3 heteroatoms. The van der Waals surface area contributed by atoms with Crippen LogP contribution in [0.4, 0.5) is 5.69 Å². The second kappa shape index (κ2) is 6.73. The number of hydrogen-bond donors (Lipinski definition) is 1.